The summed E-state index contributed by atoms with van der Waals surface area (Å²) in [6.07, 6.45) is 5.37. The lowest BCUT2D eigenvalue weighted by molar-refractivity contribution is -0.141. The molecular formula is C16H23NO3S. The first kappa shape index (κ1) is 16.0. The van der Waals surface area contributed by atoms with Gasteiger partial charge in [0.2, 0.25) is 5.91 Å². The highest BCUT2D eigenvalue weighted by Gasteiger charge is 2.36. The van der Waals surface area contributed by atoms with E-state index in [0.717, 1.165) is 37.0 Å². The van der Waals surface area contributed by atoms with Crippen LogP contribution in [-0.4, -0.2) is 17.0 Å². The van der Waals surface area contributed by atoms with E-state index in [1.165, 1.54) is 4.88 Å². The number of thiophene rings is 1. The maximum absolute atomic E-state index is 12.2. The van der Waals surface area contributed by atoms with Crippen molar-refractivity contribution in [3.8, 4) is 0 Å². The smallest absolute Gasteiger partial charge is 0.303 e. The second-order valence-corrected chi connectivity index (χ2v) is 7.47. The van der Waals surface area contributed by atoms with Gasteiger partial charge in [-0.15, -0.1) is 11.3 Å². The number of carboxylic acid groups (broad SMARTS) is 1. The van der Waals surface area contributed by atoms with Crippen LogP contribution in [0.25, 0.3) is 0 Å². The molecule has 4 nitrogen and oxygen atoms in total. The third-order valence-corrected chi connectivity index (χ3v) is 5.23. The van der Waals surface area contributed by atoms with Crippen molar-refractivity contribution in [3.05, 3.63) is 21.9 Å². The summed E-state index contributed by atoms with van der Waals surface area (Å²) in [7, 11) is 0. The van der Waals surface area contributed by atoms with E-state index in [4.69, 9.17) is 5.11 Å². The highest BCUT2D eigenvalue weighted by Crippen LogP contribution is 2.42. The summed E-state index contributed by atoms with van der Waals surface area (Å²) in [5.41, 5.74) is -0.334. The molecule has 5 heteroatoms. The van der Waals surface area contributed by atoms with Crippen LogP contribution in [0.1, 0.15) is 54.7 Å². The summed E-state index contributed by atoms with van der Waals surface area (Å²) in [4.78, 5) is 25.7. The molecule has 1 aliphatic rings. The summed E-state index contributed by atoms with van der Waals surface area (Å²) in [5, 5.41) is 12.1. The van der Waals surface area contributed by atoms with Crippen molar-refractivity contribution in [2.24, 2.45) is 5.41 Å². The molecule has 116 valence electrons. The predicted molar refractivity (Wildman–Crippen MR) is 83.3 cm³/mol. The molecule has 0 saturated heterocycles. The second kappa shape index (κ2) is 7.07. The number of hydrogen-bond acceptors (Lipinski definition) is 3. The number of carbonyl (C=O) groups excluding carboxylic acids is 1. The van der Waals surface area contributed by atoms with Gasteiger partial charge in [-0.2, -0.15) is 0 Å². The Labute approximate surface area is 129 Å². The number of amides is 1. The van der Waals surface area contributed by atoms with Crippen molar-refractivity contribution in [3.63, 3.8) is 0 Å². The summed E-state index contributed by atoms with van der Waals surface area (Å²) in [6, 6.07) is 4.06. The van der Waals surface area contributed by atoms with Crippen LogP contribution in [-0.2, 0) is 16.1 Å². The fourth-order valence-electron chi connectivity index (χ4n) is 3.21. The first-order valence-corrected chi connectivity index (χ1v) is 8.35. The number of carboxylic acids is 1. The molecule has 1 aromatic heterocycles. The van der Waals surface area contributed by atoms with Gasteiger partial charge in [0.05, 0.1) is 13.0 Å². The first-order chi connectivity index (χ1) is 9.99. The Morgan fingerprint density at radius 3 is 2.52 bits per heavy atom. The molecule has 0 aromatic carbocycles. The predicted octanol–water partition coefficient (Wildman–Crippen LogP) is 3.49. The van der Waals surface area contributed by atoms with Crippen LogP contribution >= 0.6 is 11.3 Å². The maximum atomic E-state index is 12.2. The van der Waals surface area contributed by atoms with Gasteiger partial charge in [-0.1, -0.05) is 19.3 Å². The van der Waals surface area contributed by atoms with Gasteiger partial charge in [0.1, 0.15) is 0 Å². The molecule has 2 rings (SSSR count). The van der Waals surface area contributed by atoms with Crippen LogP contribution in [0.2, 0.25) is 0 Å². The topological polar surface area (TPSA) is 66.4 Å². The molecule has 0 atom stereocenters. The zero-order valence-corrected chi connectivity index (χ0v) is 13.3. The van der Waals surface area contributed by atoms with Crippen LogP contribution in [0.5, 0.6) is 0 Å². The number of nitrogens with one attached hydrogen (secondary N) is 1. The largest absolute Gasteiger partial charge is 0.481 e. The van der Waals surface area contributed by atoms with Crippen LogP contribution < -0.4 is 5.32 Å². The minimum absolute atomic E-state index is 0.0239. The normalized spacial score (nSPS) is 17.4. The van der Waals surface area contributed by atoms with Gasteiger partial charge in [0.25, 0.3) is 0 Å². The SMILES string of the molecule is Cc1ccc(CNC(=O)CC2(CC(=O)O)CCCCC2)s1. The number of rotatable bonds is 6. The number of aryl methyl sites for hydroxylation is 1. The Kier molecular flexibility index (Phi) is 5.39. The van der Waals surface area contributed by atoms with E-state index in [-0.39, 0.29) is 17.7 Å². The molecule has 1 saturated carbocycles. The van der Waals surface area contributed by atoms with Crippen LogP contribution in [0.3, 0.4) is 0 Å². The van der Waals surface area contributed by atoms with Gasteiger partial charge in [-0.25, -0.2) is 0 Å². The lowest BCUT2D eigenvalue weighted by Gasteiger charge is -2.35. The zero-order chi connectivity index (χ0) is 15.3. The maximum Gasteiger partial charge on any atom is 0.303 e. The summed E-state index contributed by atoms with van der Waals surface area (Å²) in [5.74, 6) is -0.817. The first-order valence-electron chi connectivity index (χ1n) is 7.53. The Morgan fingerprint density at radius 2 is 1.95 bits per heavy atom. The molecule has 21 heavy (non-hydrogen) atoms. The Morgan fingerprint density at radius 1 is 1.24 bits per heavy atom. The summed E-state index contributed by atoms with van der Waals surface area (Å²) >= 11 is 1.68. The van der Waals surface area contributed by atoms with Crippen molar-refractivity contribution in [2.75, 3.05) is 0 Å². The van der Waals surface area contributed by atoms with Gasteiger partial charge in [-0.05, 0) is 37.3 Å². The molecule has 1 aliphatic carbocycles. The minimum atomic E-state index is -0.793. The lowest BCUT2D eigenvalue weighted by atomic mass is 9.69. The Bertz CT molecular complexity index is 503. The van der Waals surface area contributed by atoms with E-state index in [2.05, 4.69) is 5.32 Å². The molecule has 1 fully saturated rings. The molecule has 0 unspecified atom stereocenters. The van der Waals surface area contributed by atoms with E-state index >= 15 is 0 Å². The minimum Gasteiger partial charge on any atom is -0.481 e. The number of aliphatic carboxylic acids is 1. The fraction of sp³-hybridized carbons (Fsp3) is 0.625. The van der Waals surface area contributed by atoms with Crippen molar-refractivity contribution >= 4 is 23.2 Å². The number of hydrogen-bond donors (Lipinski definition) is 2. The highest BCUT2D eigenvalue weighted by molar-refractivity contribution is 7.11. The van der Waals surface area contributed by atoms with Crippen LogP contribution in [0.15, 0.2) is 12.1 Å². The summed E-state index contributed by atoms with van der Waals surface area (Å²) in [6.45, 7) is 2.58. The molecular weight excluding hydrogens is 286 g/mol. The Hall–Kier alpha value is -1.36. The third kappa shape index (κ3) is 4.84. The molecule has 0 radical (unpaired) electrons. The Balaban J connectivity index is 1.89. The number of carbonyl (C=O) groups is 2. The van der Waals surface area contributed by atoms with E-state index in [1.807, 2.05) is 19.1 Å². The van der Waals surface area contributed by atoms with Gasteiger partial charge in [0.15, 0.2) is 0 Å². The molecule has 2 N–H and O–H groups in total. The van der Waals surface area contributed by atoms with Gasteiger partial charge in [0, 0.05) is 16.2 Å². The van der Waals surface area contributed by atoms with Crippen molar-refractivity contribution in [1.82, 2.24) is 5.32 Å². The van der Waals surface area contributed by atoms with Crippen LogP contribution in [0, 0.1) is 12.3 Å². The van der Waals surface area contributed by atoms with Gasteiger partial charge in [-0.3, -0.25) is 9.59 Å². The van der Waals surface area contributed by atoms with E-state index < -0.39 is 5.97 Å². The van der Waals surface area contributed by atoms with Crippen molar-refractivity contribution < 1.29 is 14.7 Å². The van der Waals surface area contributed by atoms with Gasteiger partial charge >= 0.3 is 5.97 Å². The summed E-state index contributed by atoms with van der Waals surface area (Å²) < 4.78 is 0. The average Bonchev–Trinajstić information content (AvgIpc) is 2.82. The molecule has 0 aliphatic heterocycles. The average molecular weight is 309 g/mol. The van der Waals surface area contributed by atoms with Crippen molar-refractivity contribution in [2.45, 2.75) is 58.4 Å². The monoisotopic (exact) mass is 309 g/mol. The third-order valence-electron chi connectivity index (χ3n) is 4.23. The fourth-order valence-corrected chi connectivity index (χ4v) is 4.04. The van der Waals surface area contributed by atoms with Crippen LogP contribution in [0.4, 0.5) is 0 Å². The van der Waals surface area contributed by atoms with E-state index in [1.54, 1.807) is 11.3 Å². The van der Waals surface area contributed by atoms with Gasteiger partial charge < -0.3 is 10.4 Å². The van der Waals surface area contributed by atoms with E-state index in [9.17, 15) is 9.59 Å². The standard InChI is InChI=1S/C16H23NO3S/c1-12-5-6-13(21-12)11-17-14(18)9-16(10-15(19)20)7-3-2-4-8-16/h5-6H,2-4,7-11H2,1H3,(H,17,18)(H,19,20). The zero-order valence-electron chi connectivity index (χ0n) is 12.5. The quantitative estimate of drug-likeness (QED) is 0.845. The van der Waals surface area contributed by atoms with Crippen molar-refractivity contribution in [1.29, 1.82) is 0 Å². The molecule has 0 spiro atoms. The molecule has 1 heterocycles. The second-order valence-electron chi connectivity index (χ2n) is 6.10. The molecule has 0 bridgehead atoms. The lowest BCUT2D eigenvalue weighted by Crippen LogP contribution is -2.34. The highest BCUT2D eigenvalue weighted by atomic mass is 32.1. The molecule has 1 aromatic rings. The van der Waals surface area contributed by atoms with E-state index in [0.29, 0.717) is 13.0 Å². The molecule has 1 amide bonds.